The summed E-state index contributed by atoms with van der Waals surface area (Å²) in [5.41, 5.74) is 3.96. The van der Waals surface area contributed by atoms with Crippen molar-refractivity contribution < 1.29 is 0 Å². The third-order valence-electron chi connectivity index (χ3n) is 4.33. The number of fused-ring (bicyclic) bond motifs is 1. The van der Waals surface area contributed by atoms with Gasteiger partial charge in [0.05, 0.1) is 6.54 Å². The van der Waals surface area contributed by atoms with Crippen LogP contribution in [0.3, 0.4) is 0 Å². The van der Waals surface area contributed by atoms with Crippen molar-refractivity contribution in [2.45, 2.75) is 27.3 Å². The first-order valence-corrected chi connectivity index (χ1v) is 9.03. The molecule has 0 atom stereocenters. The van der Waals surface area contributed by atoms with Crippen LogP contribution in [0.2, 0.25) is 0 Å². The fraction of sp³-hybridized carbons (Fsp3) is 0.474. The third-order valence-corrected chi connectivity index (χ3v) is 4.73. The second-order valence-electron chi connectivity index (χ2n) is 6.71. The molecule has 2 N–H and O–H groups in total. The first-order chi connectivity index (χ1) is 11.8. The lowest BCUT2D eigenvalue weighted by molar-refractivity contribution is 0.322. The van der Waals surface area contributed by atoms with Gasteiger partial charge in [0, 0.05) is 30.7 Å². The van der Waals surface area contributed by atoms with Crippen LogP contribution in [-0.2, 0) is 6.54 Å². The van der Waals surface area contributed by atoms with Crippen LogP contribution >= 0.6 is 12.2 Å². The zero-order valence-electron chi connectivity index (χ0n) is 15.8. The molecule has 0 unspecified atom stereocenters. The van der Waals surface area contributed by atoms with Gasteiger partial charge in [-0.25, -0.2) is 0 Å². The molecule has 6 heteroatoms. The van der Waals surface area contributed by atoms with Gasteiger partial charge in [-0.2, -0.15) is 0 Å². The zero-order chi connectivity index (χ0) is 18.6. The Morgan fingerprint density at radius 3 is 2.48 bits per heavy atom. The van der Waals surface area contributed by atoms with E-state index in [0.29, 0.717) is 11.7 Å². The molecule has 0 aliphatic rings. The number of hydrogen-bond donors (Lipinski definition) is 2. The summed E-state index contributed by atoms with van der Waals surface area (Å²) in [4.78, 5) is 19.7. The molecule has 0 aliphatic heterocycles. The lowest BCUT2D eigenvalue weighted by atomic mass is 10.0. The lowest BCUT2D eigenvalue weighted by Crippen LogP contribution is -2.43. The number of nitrogens with zero attached hydrogens (tertiary/aromatic N) is 2. The molecule has 1 heterocycles. The number of nitrogens with one attached hydrogen (secondary N) is 2. The van der Waals surface area contributed by atoms with Gasteiger partial charge < -0.3 is 20.1 Å². The second-order valence-corrected chi connectivity index (χ2v) is 7.09. The van der Waals surface area contributed by atoms with Gasteiger partial charge in [-0.15, -0.1) is 0 Å². The highest BCUT2D eigenvalue weighted by molar-refractivity contribution is 7.80. The number of thiocarbonyl (C=S) groups is 1. The Morgan fingerprint density at radius 2 is 1.84 bits per heavy atom. The van der Waals surface area contributed by atoms with Gasteiger partial charge in [0.2, 0.25) is 0 Å². The van der Waals surface area contributed by atoms with E-state index in [4.69, 9.17) is 12.2 Å². The lowest BCUT2D eigenvalue weighted by Gasteiger charge is -2.27. The van der Waals surface area contributed by atoms with Crippen molar-refractivity contribution in [3.63, 3.8) is 0 Å². The van der Waals surface area contributed by atoms with E-state index >= 15 is 0 Å². The highest BCUT2D eigenvalue weighted by Gasteiger charge is 2.13. The largest absolute Gasteiger partial charge is 0.363 e. The number of benzene rings is 1. The minimum atomic E-state index is -0.0510. The molecule has 0 radical (unpaired) electrons. The molecule has 136 valence electrons. The minimum Gasteiger partial charge on any atom is -0.363 e. The van der Waals surface area contributed by atoms with Gasteiger partial charge in [-0.3, -0.25) is 4.79 Å². The van der Waals surface area contributed by atoms with Crippen molar-refractivity contribution >= 4 is 28.2 Å². The van der Waals surface area contributed by atoms with Gasteiger partial charge in [0.25, 0.3) is 5.56 Å². The SMILES string of the molecule is CCNC(=S)N(CCN(C)C)Cc1cc2cc(C)c(C)cc2[nH]c1=O. The van der Waals surface area contributed by atoms with Crippen LogP contribution < -0.4 is 10.9 Å². The summed E-state index contributed by atoms with van der Waals surface area (Å²) in [6.45, 7) is 9.06. The van der Waals surface area contributed by atoms with E-state index in [0.717, 1.165) is 36.1 Å². The quantitative estimate of drug-likeness (QED) is 0.775. The van der Waals surface area contributed by atoms with E-state index in [2.05, 4.69) is 40.0 Å². The van der Waals surface area contributed by atoms with Crippen molar-refractivity contribution in [2.75, 3.05) is 33.7 Å². The average molecular weight is 361 g/mol. The summed E-state index contributed by atoms with van der Waals surface area (Å²) in [7, 11) is 4.06. The normalized spacial score (nSPS) is 11.1. The number of hydrogen-bond acceptors (Lipinski definition) is 3. The molecule has 0 bridgehead atoms. The number of pyridine rings is 1. The Balaban J connectivity index is 2.33. The molecule has 0 aliphatic carbocycles. The van der Waals surface area contributed by atoms with E-state index in [9.17, 15) is 4.79 Å². The average Bonchev–Trinajstić information content (AvgIpc) is 2.53. The predicted octanol–water partition coefficient (Wildman–Crippen LogP) is 2.40. The van der Waals surface area contributed by atoms with E-state index in [1.807, 2.05) is 33.2 Å². The summed E-state index contributed by atoms with van der Waals surface area (Å²) >= 11 is 5.49. The molecule has 0 fully saturated rings. The molecule has 0 amide bonds. The highest BCUT2D eigenvalue weighted by atomic mass is 32.1. The first kappa shape index (κ1) is 19.4. The van der Waals surface area contributed by atoms with Gasteiger partial charge in [0.1, 0.15) is 0 Å². The number of rotatable bonds is 6. The fourth-order valence-corrected chi connectivity index (χ4v) is 2.98. The Hall–Kier alpha value is -1.92. The van der Waals surface area contributed by atoms with E-state index in [1.165, 1.54) is 11.1 Å². The van der Waals surface area contributed by atoms with Crippen molar-refractivity contribution in [1.29, 1.82) is 0 Å². The summed E-state index contributed by atoms with van der Waals surface area (Å²) in [5, 5.41) is 4.93. The molecule has 5 nitrogen and oxygen atoms in total. The smallest absolute Gasteiger partial charge is 0.253 e. The summed E-state index contributed by atoms with van der Waals surface area (Å²) in [6, 6.07) is 6.14. The van der Waals surface area contributed by atoms with Crippen LogP contribution in [0.4, 0.5) is 0 Å². The summed E-state index contributed by atoms with van der Waals surface area (Å²) in [5.74, 6) is 0. The molecule has 25 heavy (non-hydrogen) atoms. The number of aromatic amines is 1. The van der Waals surface area contributed by atoms with Crippen molar-refractivity contribution in [3.8, 4) is 0 Å². The molecule has 1 aromatic heterocycles. The molecular weight excluding hydrogens is 332 g/mol. The number of aryl methyl sites for hydroxylation is 2. The predicted molar refractivity (Wildman–Crippen MR) is 109 cm³/mol. The molecule has 0 saturated carbocycles. The maximum Gasteiger partial charge on any atom is 0.253 e. The number of aromatic nitrogens is 1. The standard InChI is InChI=1S/C19H28N4OS/c1-6-20-19(25)23(8-7-22(4)5)12-16-11-15-9-13(2)14(3)10-17(15)21-18(16)24/h9-11H,6-8,12H2,1-5H3,(H,20,25)(H,21,24). The van der Waals surface area contributed by atoms with E-state index in [1.54, 1.807) is 0 Å². The van der Waals surface area contributed by atoms with Gasteiger partial charge >= 0.3 is 0 Å². The fourth-order valence-electron chi connectivity index (χ4n) is 2.68. The van der Waals surface area contributed by atoms with Crippen LogP contribution in [0.5, 0.6) is 0 Å². The molecule has 0 spiro atoms. The molecule has 1 aromatic carbocycles. The summed E-state index contributed by atoms with van der Waals surface area (Å²) < 4.78 is 0. The topological polar surface area (TPSA) is 51.4 Å². The number of H-pyrrole nitrogens is 1. The zero-order valence-corrected chi connectivity index (χ0v) is 16.6. The van der Waals surface area contributed by atoms with Gasteiger partial charge in [0.15, 0.2) is 5.11 Å². The van der Waals surface area contributed by atoms with Gasteiger partial charge in [-0.1, -0.05) is 0 Å². The summed E-state index contributed by atoms with van der Waals surface area (Å²) in [6.07, 6.45) is 0. The van der Waals surface area contributed by atoms with Gasteiger partial charge in [-0.05, 0) is 81.8 Å². The monoisotopic (exact) mass is 360 g/mol. The maximum absolute atomic E-state index is 12.5. The van der Waals surface area contributed by atoms with Crippen LogP contribution in [0.25, 0.3) is 10.9 Å². The maximum atomic E-state index is 12.5. The Morgan fingerprint density at radius 1 is 1.16 bits per heavy atom. The second kappa shape index (κ2) is 8.45. The number of likely N-dealkylation sites (N-methyl/N-ethyl adjacent to an activating group) is 1. The minimum absolute atomic E-state index is 0.0510. The Labute approximate surface area is 155 Å². The molecule has 2 rings (SSSR count). The van der Waals surface area contributed by atoms with Crippen molar-refractivity contribution in [3.05, 3.63) is 45.2 Å². The highest BCUT2D eigenvalue weighted by Crippen LogP contribution is 2.17. The molecule has 2 aromatic rings. The Kier molecular flexibility index (Phi) is 6.56. The van der Waals surface area contributed by atoms with Crippen LogP contribution in [0, 0.1) is 13.8 Å². The van der Waals surface area contributed by atoms with E-state index < -0.39 is 0 Å². The molecule has 0 saturated heterocycles. The van der Waals surface area contributed by atoms with Crippen molar-refractivity contribution in [1.82, 2.24) is 20.1 Å². The van der Waals surface area contributed by atoms with Crippen LogP contribution in [-0.4, -0.2) is 53.6 Å². The van der Waals surface area contributed by atoms with Crippen LogP contribution in [0.15, 0.2) is 23.0 Å². The van der Waals surface area contributed by atoms with Crippen LogP contribution in [0.1, 0.15) is 23.6 Å². The Bertz CT molecular complexity index is 813. The van der Waals surface area contributed by atoms with Crippen molar-refractivity contribution in [2.24, 2.45) is 0 Å². The third kappa shape index (κ3) is 5.03. The molecular formula is C19H28N4OS. The first-order valence-electron chi connectivity index (χ1n) is 8.62. The van der Waals surface area contributed by atoms with E-state index in [-0.39, 0.29) is 5.56 Å².